The van der Waals surface area contributed by atoms with Crippen LogP contribution in [0.4, 0.5) is 5.69 Å². The second kappa shape index (κ2) is 7.14. The molecule has 5 nitrogen and oxygen atoms in total. The van der Waals surface area contributed by atoms with Crippen LogP contribution in [0.5, 0.6) is 0 Å². The average Bonchev–Trinajstić information content (AvgIpc) is 2.53. The van der Waals surface area contributed by atoms with Crippen molar-refractivity contribution < 1.29 is 18.0 Å². The molecule has 0 spiro atoms. The smallest absolute Gasteiger partial charge is 0.326 e. The zero-order chi connectivity index (χ0) is 17.0. The summed E-state index contributed by atoms with van der Waals surface area (Å²) in [6, 6.07) is 12.8. The summed E-state index contributed by atoms with van der Waals surface area (Å²) in [5.74, 6) is -0.633. The molecule has 0 atom stereocenters. The lowest BCUT2D eigenvalue weighted by molar-refractivity contribution is -0.142. The summed E-state index contributed by atoms with van der Waals surface area (Å²) in [5, 5.41) is 0. The van der Waals surface area contributed by atoms with Crippen LogP contribution in [-0.4, -0.2) is 14.4 Å². The molecule has 0 radical (unpaired) electrons. The average molecular weight is 398 g/mol. The standard InChI is InChI=1S/C16H16BrNO4S/c1-3-16(19)22-18(14-8-4-12(2)5-9-14)23(20,21)15-10-6-13(17)7-11-15/h4-11H,3H2,1-2H3. The fraction of sp³-hybridized carbons (Fsp3) is 0.188. The second-order valence-electron chi connectivity index (χ2n) is 4.84. The summed E-state index contributed by atoms with van der Waals surface area (Å²) in [6.45, 7) is 3.48. The molecule has 0 aromatic heterocycles. The predicted octanol–water partition coefficient (Wildman–Crippen LogP) is 3.82. The van der Waals surface area contributed by atoms with Crippen molar-refractivity contribution in [3.8, 4) is 0 Å². The Morgan fingerprint density at radius 3 is 2.17 bits per heavy atom. The number of hydrogen-bond donors (Lipinski definition) is 0. The minimum absolute atomic E-state index is 0.0326. The maximum Gasteiger partial charge on any atom is 0.333 e. The van der Waals surface area contributed by atoms with Crippen molar-refractivity contribution in [2.75, 3.05) is 4.47 Å². The number of nitrogens with zero attached hydrogens (tertiary/aromatic N) is 1. The molecule has 0 bridgehead atoms. The highest BCUT2D eigenvalue weighted by atomic mass is 79.9. The van der Waals surface area contributed by atoms with Crippen molar-refractivity contribution in [3.05, 3.63) is 58.6 Å². The molecule has 122 valence electrons. The molecule has 0 saturated heterocycles. The predicted molar refractivity (Wildman–Crippen MR) is 91.4 cm³/mol. The number of benzene rings is 2. The molecule has 0 N–H and O–H groups in total. The van der Waals surface area contributed by atoms with Gasteiger partial charge < -0.3 is 4.84 Å². The Bertz CT molecular complexity index is 786. The number of sulfonamides is 1. The van der Waals surface area contributed by atoms with Gasteiger partial charge in [0.2, 0.25) is 0 Å². The largest absolute Gasteiger partial charge is 0.333 e. The first-order valence-electron chi connectivity index (χ1n) is 6.93. The molecule has 7 heteroatoms. The van der Waals surface area contributed by atoms with E-state index in [4.69, 9.17) is 4.84 Å². The van der Waals surface area contributed by atoms with Crippen molar-refractivity contribution in [1.29, 1.82) is 0 Å². The Kier molecular flexibility index (Phi) is 5.43. The fourth-order valence-electron chi connectivity index (χ4n) is 1.77. The Morgan fingerprint density at radius 2 is 1.65 bits per heavy atom. The van der Waals surface area contributed by atoms with Gasteiger partial charge in [0.05, 0.1) is 10.6 Å². The number of carbonyl (C=O) groups is 1. The zero-order valence-electron chi connectivity index (χ0n) is 12.7. The second-order valence-corrected chi connectivity index (χ2v) is 7.51. The molecular weight excluding hydrogens is 382 g/mol. The van der Waals surface area contributed by atoms with E-state index >= 15 is 0 Å². The van der Waals surface area contributed by atoms with E-state index in [1.807, 2.05) is 6.92 Å². The maximum absolute atomic E-state index is 12.8. The molecule has 0 fully saturated rings. The molecule has 23 heavy (non-hydrogen) atoms. The van der Waals surface area contributed by atoms with Crippen LogP contribution < -0.4 is 4.47 Å². The highest BCUT2D eigenvalue weighted by Gasteiger charge is 2.28. The van der Waals surface area contributed by atoms with Gasteiger partial charge in [0, 0.05) is 10.9 Å². The van der Waals surface area contributed by atoms with Gasteiger partial charge in [-0.25, -0.2) is 4.79 Å². The first-order valence-corrected chi connectivity index (χ1v) is 9.16. The first kappa shape index (κ1) is 17.5. The van der Waals surface area contributed by atoms with E-state index in [1.165, 1.54) is 12.1 Å². The van der Waals surface area contributed by atoms with E-state index < -0.39 is 16.0 Å². The zero-order valence-corrected chi connectivity index (χ0v) is 15.1. The Balaban J connectivity index is 2.49. The normalized spacial score (nSPS) is 11.1. The van der Waals surface area contributed by atoms with Crippen LogP contribution in [0.1, 0.15) is 18.9 Å². The number of anilines is 1. The van der Waals surface area contributed by atoms with Crippen LogP contribution in [0.25, 0.3) is 0 Å². The van der Waals surface area contributed by atoms with Crippen LogP contribution in [0.2, 0.25) is 0 Å². The molecule has 0 aliphatic heterocycles. The lowest BCUT2D eigenvalue weighted by Crippen LogP contribution is -2.33. The summed E-state index contributed by atoms with van der Waals surface area (Å²) < 4.78 is 27.0. The lowest BCUT2D eigenvalue weighted by Gasteiger charge is -2.22. The van der Waals surface area contributed by atoms with Crippen molar-refractivity contribution in [3.63, 3.8) is 0 Å². The Labute approximate surface area is 144 Å². The summed E-state index contributed by atoms with van der Waals surface area (Å²) in [6.07, 6.45) is 0.0677. The van der Waals surface area contributed by atoms with Crippen molar-refractivity contribution in [2.45, 2.75) is 25.2 Å². The maximum atomic E-state index is 12.8. The molecule has 0 aliphatic carbocycles. The number of rotatable bonds is 5. The summed E-state index contributed by atoms with van der Waals surface area (Å²) in [5.41, 5.74) is 1.23. The van der Waals surface area contributed by atoms with Crippen molar-refractivity contribution >= 4 is 37.6 Å². The number of aryl methyl sites for hydroxylation is 1. The van der Waals surface area contributed by atoms with E-state index in [0.717, 1.165) is 10.0 Å². The Hall–Kier alpha value is -1.86. The van der Waals surface area contributed by atoms with Crippen LogP contribution in [0.3, 0.4) is 0 Å². The van der Waals surface area contributed by atoms with Crippen LogP contribution in [-0.2, 0) is 19.7 Å². The number of hydrogen-bond acceptors (Lipinski definition) is 4. The van der Waals surface area contributed by atoms with Crippen molar-refractivity contribution in [1.82, 2.24) is 0 Å². The molecule has 0 aliphatic rings. The molecule has 2 aromatic rings. The minimum atomic E-state index is -4.02. The SMILES string of the molecule is CCC(=O)ON(c1ccc(C)cc1)S(=O)(=O)c1ccc(Br)cc1. The quantitative estimate of drug-likeness (QED) is 0.719. The van der Waals surface area contributed by atoms with Gasteiger partial charge in [-0.3, -0.25) is 0 Å². The molecule has 0 unspecified atom stereocenters. The van der Waals surface area contributed by atoms with Crippen molar-refractivity contribution in [2.24, 2.45) is 0 Å². The van der Waals surface area contributed by atoms with E-state index in [2.05, 4.69) is 15.9 Å². The summed E-state index contributed by atoms with van der Waals surface area (Å²) in [7, 11) is -4.02. The van der Waals surface area contributed by atoms with Crippen LogP contribution >= 0.6 is 15.9 Å². The number of halogens is 1. The highest BCUT2D eigenvalue weighted by Crippen LogP contribution is 2.25. The van der Waals surface area contributed by atoms with Crippen LogP contribution in [0, 0.1) is 6.92 Å². The third kappa shape index (κ3) is 4.11. The summed E-state index contributed by atoms with van der Waals surface area (Å²) in [4.78, 5) is 16.8. The molecular formula is C16H16BrNO4S. The topological polar surface area (TPSA) is 63.7 Å². The van der Waals surface area contributed by atoms with Gasteiger partial charge in [-0.15, -0.1) is 0 Å². The molecule has 2 rings (SSSR count). The Morgan fingerprint density at radius 1 is 1.09 bits per heavy atom. The van der Waals surface area contributed by atoms with Crippen LogP contribution in [0.15, 0.2) is 57.9 Å². The summed E-state index contributed by atoms with van der Waals surface area (Å²) >= 11 is 3.26. The monoisotopic (exact) mass is 397 g/mol. The van der Waals surface area contributed by atoms with Gasteiger partial charge in [0.25, 0.3) is 10.0 Å². The van der Waals surface area contributed by atoms with E-state index in [1.54, 1.807) is 43.3 Å². The number of carbonyl (C=O) groups excluding carboxylic acids is 1. The minimum Gasteiger partial charge on any atom is -0.326 e. The molecule has 0 amide bonds. The molecule has 2 aromatic carbocycles. The first-order chi connectivity index (χ1) is 10.8. The highest BCUT2D eigenvalue weighted by molar-refractivity contribution is 9.10. The third-order valence-corrected chi connectivity index (χ3v) is 5.17. The third-order valence-electron chi connectivity index (χ3n) is 3.05. The fourth-order valence-corrected chi connectivity index (χ4v) is 3.28. The van der Waals surface area contributed by atoms with Gasteiger partial charge in [0.1, 0.15) is 0 Å². The van der Waals surface area contributed by atoms with Gasteiger partial charge in [-0.2, -0.15) is 8.42 Å². The molecule has 0 heterocycles. The van der Waals surface area contributed by atoms with Gasteiger partial charge >= 0.3 is 5.97 Å². The van der Waals surface area contributed by atoms with E-state index in [9.17, 15) is 13.2 Å². The lowest BCUT2D eigenvalue weighted by atomic mass is 10.2. The van der Waals surface area contributed by atoms with Gasteiger partial charge in [-0.05, 0) is 43.3 Å². The van der Waals surface area contributed by atoms with E-state index in [-0.39, 0.29) is 17.0 Å². The van der Waals surface area contributed by atoms with Gasteiger partial charge in [0.15, 0.2) is 0 Å². The van der Waals surface area contributed by atoms with E-state index in [0.29, 0.717) is 4.47 Å². The molecule has 0 saturated carbocycles. The van der Waals surface area contributed by atoms with Gasteiger partial charge in [-0.1, -0.05) is 45.0 Å².